The minimum absolute atomic E-state index is 0.00482. The van der Waals surface area contributed by atoms with E-state index in [1.165, 1.54) is 19.2 Å². The van der Waals surface area contributed by atoms with Crippen molar-refractivity contribution >= 4 is 23.5 Å². The van der Waals surface area contributed by atoms with E-state index in [4.69, 9.17) is 4.74 Å². The van der Waals surface area contributed by atoms with Gasteiger partial charge in [0.25, 0.3) is 5.69 Å². The van der Waals surface area contributed by atoms with Crippen molar-refractivity contribution < 1.29 is 24.0 Å². The third-order valence-electron chi connectivity index (χ3n) is 8.15. The average Bonchev–Trinajstić information content (AvgIpc) is 3.16. The lowest BCUT2D eigenvalue weighted by Gasteiger charge is -2.36. The number of esters is 1. The van der Waals surface area contributed by atoms with Gasteiger partial charge in [-0.1, -0.05) is 45.2 Å². The molecule has 1 aromatic carbocycles. The highest BCUT2D eigenvalue weighted by Crippen LogP contribution is 2.65. The lowest BCUT2D eigenvalue weighted by molar-refractivity contribution is -0.384. The Morgan fingerprint density at radius 3 is 2.41 bits per heavy atom. The number of methoxy groups -OCH3 is 1. The highest BCUT2D eigenvalue weighted by atomic mass is 16.6. The zero-order chi connectivity index (χ0) is 24.6. The molecule has 4 rings (SSSR count). The van der Waals surface area contributed by atoms with Crippen LogP contribution in [0.1, 0.15) is 51.5 Å². The molecule has 34 heavy (non-hydrogen) atoms. The molecule has 9 nitrogen and oxygen atoms in total. The van der Waals surface area contributed by atoms with Crippen molar-refractivity contribution in [2.45, 2.75) is 64.5 Å². The van der Waals surface area contributed by atoms with Gasteiger partial charge < -0.3 is 15.0 Å². The Kier molecular flexibility index (Phi) is 6.64. The van der Waals surface area contributed by atoms with Crippen LogP contribution in [0.25, 0.3) is 0 Å². The van der Waals surface area contributed by atoms with Crippen molar-refractivity contribution in [1.82, 2.24) is 10.2 Å². The molecule has 3 fully saturated rings. The number of nitrogens with zero attached hydrogens (tertiary/aromatic N) is 2. The van der Waals surface area contributed by atoms with Crippen LogP contribution in [0, 0.1) is 33.3 Å². The molecule has 1 aliphatic heterocycles. The van der Waals surface area contributed by atoms with Crippen molar-refractivity contribution in [3.05, 3.63) is 39.9 Å². The highest BCUT2D eigenvalue weighted by molar-refractivity contribution is 5.92. The number of nitro benzene ring substituents is 1. The maximum atomic E-state index is 13.8. The molecule has 0 unspecified atom stereocenters. The first-order chi connectivity index (χ1) is 16.1. The van der Waals surface area contributed by atoms with Crippen LogP contribution in [0.3, 0.4) is 0 Å². The first kappa shape index (κ1) is 24.2. The van der Waals surface area contributed by atoms with Crippen molar-refractivity contribution in [3.8, 4) is 0 Å². The number of hydrogen-bond acceptors (Lipinski definition) is 6. The van der Waals surface area contributed by atoms with Crippen LogP contribution in [0.4, 0.5) is 5.69 Å². The standard InChI is InChI=1S/C25H33N3O6/c1-25(2)18-14-27(22(20(18)25)24(31)34-3)23(30)21(16-7-5-4-6-8-16)26-19(29)13-15-9-11-17(12-10-15)28(32)33/h9-12,16,18,20-22H,4-8,13-14H2,1-3H3,(H,26,29)/t18-,20-,21-,22-/m0/s1. The number of fused-ring (bicyclic) bond motifs is 1. The predicted octanol–water partition coefficient (Wildman–Crippen LogP) is 2.86. The summed E-state index contributed by atoms with van der Waals surface area (Å²) < 4.78 is 5.05. The lowest BCUT2D eigenvalue weighted by Crippen LogP contribution is -2.57. The van der Waals surface area contributed by atoms with Crippen LogP contribution in [0.2, 0.25) is 0 Å². The molecule has 0 radical (unpaired) electrons. The third-order valence-corrected chi connectivity index (χ3v) is 8.15. The maximum absolute atomic E-state index is 13.8. The minimum atomic E-state index is -0.696. The van der Waals surface area contributed by atoms with E-state index in [0.29, 0.717) is 12.1 Å². The summed E-state index contributed by atoms with van der Waals surface area (Å²) in [6, 6.07) is 4.53. The number of amides is 2. The number of hydrogen-bond donors (Lipinski definition) is 1. The molecule has 184 valence electrons. The molecule has 3 aliphatic rings. The number of carbonyl (C=O) groups excluding carboxylic acids is 3. The van der Waals surface area contributed by atoms with Crippen molar-refractivity contribution in [3.63, 3.8) is 0 Å². The highest BCUT2D eigenvalue weighted by Gasteiger charge is 2.70. The number of nitrogens with one attached hydrogen (secondary N) is 1. The van der Waals surface area contributed by atoms with E-state index in [-0.39, 0.29) is 47.1 Å². The summed E-state index contributed by atoms with van der Waals surface area (Å²) in [4.78, 5) is 51.4. The number of benzene rings is 1. The van der Waals surface area contributed by atoms with E-state index in [1.54, 1.807) is 17.0 Å². The van der Waals surface area contributed by atoms with E-state index in [1.807, 2.05) is 0 Å². The molecular formula is C25H33N3O6. The van der Waals surface area contributed by atoms with Gasteiger partial charge >= 0.3 is 5.97 Å². The number of likely N-dealkylation sites (tertiary alicyclic amines) is 1. The average molecular weight is 472 g/mol. The molecule has 9 heteroatoms. The molecule has 4 atom stereocenters. The fourth-order valence-corrected chi connectivity index (χ4v) is 6.08. The Balaban J connectivity index is 1.50. The monoisotopic (exact) mass is 471 g/mol. The van der Waals surface area contributed by atoms with E-state index >= 15 is 0 Å². The number of nitro groups is 1. The van der Waals surface area contributed by atoms with Gasteiger partial charge in [0.1, 0.15) is 12.1 Å². The van der Waals surface area contributed by atoms with Gasteiger partial charge in [-0.15, -0.1) is 0 Å². The summed E-state index contributed by atoms with van der Waals surface area (Å²) in [7, 11) is 1.35. The summed E-state index contributed by atoms with van der Waals surface area (Å²) in [5.74, 6) is -0.564. The van der Waals surface area contributed by atoms with Gasteiger partial charge in [-0.3, -0.25) is 19.7 Å². The number of carbonyl (C=O) groups is 3. The quantitative estimate of drug-likeness (QED) is 0.371. The number of rotatable bonds is 7. The first-order valence-electron chi connectivity index (χ1n) is 12.1. The van der Waals surface area contributed by atoms with Crippen molar-refractivity contribution in [1.29, 1.82) is 0 Å². The normalized spacial score (nSPS) is 26.3. The second-order valence-electron chi connectivity index (χ2n) is 10.5. The number of ether oxygens (including phenoxy) is 1. The maximum Gasteiger partial charge on any atom is 0.328 e. The molecule has 0 spiro atoms. The molecule has 0 aromatic heterocycles. The molecule has 0 bridgehead atoms. The zero-order valence-corrected chi connectivity index (χ0v) is 20.0. The Bertz CT molecular complexity index is 969. The minimum Gasteiger partial charge on any atom is -0.467 e. The van der Waals surface area contributed by atoms with Crippen LogP contribution in [-0.4, -0.2) is 53.3 Å². The van der Waals surface area contributed by atoms with E-state index < -0.39 is 23.0 Å². The number of piperidine rings is 1. The van der Waals surface area contributed by atoms with Gasteiger partial charge in [0.2, 0.25) is 11.8 Å². The van der Waals surface area contributed by atoms with E-state index in [2.05, 4.69) is 19.2 Å². The summed E-state index contributed by atoms with van der Waals surface area (Å²) in [6.07, 6.45) is 4.84. The number of non-ortho nitro benzene ring substituents is 1. The first-order valence-corrected chi connectivity index (χ1v) is 12.1. The Morgan fingerprint density at radius 1 is 1.18 bits per heavy atom. The van der Waals surface area contributed by atoms with Gasteiger partial charge in [0.15, 0.2) is 0 Å². The predicted molar refractivity (Wildman–Crippen MR) is 124 cm³/mol. The topological polar surface area (TPSA) is 119 Å². The van der Waals surface area contributed by atoms with Crippen molar-refractivity contribution in [2.75, 3.05) is 13.7 Å². The zero-order valence-electron chi connectivity index (χ0n) is 20.0. The fraction of sp³-hybridized carbons (Fsp3) is 0.640. The van der Waals surface area contributed by atoms with Crippen LogP contribution in [-0.2, 0) is 25.5 Å². The third kappa shape index (κ3) is 4.52. The van der Waals surface area contributed by atoms with E-state index in [9.17, 15) is 24.5 Å². The largest absolute Gasteiger partial charge is 0.467 e. The molecule has 2 saturated carbocycles. The van der Waals surface area contributed by atoms with Gasteiger partial charge in [0.05, 0.1) is 18.5 Å². The molecule has 2 aliphatic carbocycles. The summed E-state index contributed by atoms with van der Waals surface area (Å²) >= 11 is 0. The summed E-state index contributed by atoms with van der Waals surface area (Å²) in [5, 5.41) is 13.8. The molecule has 1 N–H and O–H groups in total. The van der Waals surface area contributed by atoms with Crippen LogP contribution >= 0.6 is 0 Å². The van der Waals surface area contributed by atoms with Crippen LogP contribution < -0.4 is 5.32 Å². The second-order valence-corrected chi connectivity index (χ2v) is 10.5. The van der Waals surface area contributed by atoms with Gasteiger partial charge in [0, 0.05) is 24.6 Å². The Morgan fingerprint density at radius 2 is 1.82 bits per heavy atom. The Hall–Kier alpha value is -2.97. The summed E-state index contributed by atoms with van der Waals surface area (Å²) in [5.41, 5.74) is 0.591. The van der Waals surface area contributed by atoms with Gasteiger partial charge in [-0.25, -0.2) is 4.79 Å². The lowest BCUT2D eigenvalue weighted by atomic mass is 9.83. The van der Waals surface area contributed by atoms with Crippen molar-refractivity contribution in [2.24, 2.45) is 23.2 Å². The van der Waals surface area contributed by atoms with Crippen LogP contribution in [0.15, 0.2) is 24.3 Å². The SMILES string of the molecule is COC(=O)[C@@H]1[C@@H]2[C@H](CN1C(=O)[C@@H](NC(=O)Cc1ccc([N+](=O)[O-])cc1)C1CCCCC1)C2(C)C. The van der Waals surface area contributed by atoms with Gasteiger partial charge in [-0.05, 0) is 35.7 Å². The van der Waals surface area contributed by atoms with E-state index in [0.717, 1.165) is 32.1 Å². The molecular weight excluding hydrogens is 438 g/mol. The van der Waals surface area contributed by atoms with Gasteiger partial charge in [-0.2, -0.15) is 0 Å². The molecule has 1 saturated heterocycles. The summed E-state index contributed by atoms with van der Waals surface area (Å²) in [6.45, 7) is 4.73. The fourth-order valence-electron chi connectivity index (χ4n) is 6.08. The molecule has 1 aromatic rings. The Labute approximate surface area is 199 Å². The smallest absolute Gasteiger partial charge is 0.328 e. The molecule has 2 amide bonds. The second kappa shape index (κ2) is 9.35. The molecule has 1 heterocycles. The van der Waals surface area contributed by atoms with Crippen LogP contribution in [0.5, 0.6) is 0 Å².